The summed E-state index contributed by atoms with van der Waals surface area (Å²) in [5.41, 5.74) is 4.17. The maximum absolute atomic E-state index is 12.5. The van der Waals surface area contributed by atoms with Gasteiger partial charge in [0.25, 0.3) is 15.6 Å². The molecule has 288 valence electrons. The summed E-state index contributed by atoms with van der Waals surface area (Å²) >= 11 is 1.02. The molecule has 0 aromatic carbocycles. The van der Waals surface area contributed by atoms with Gasteiger partial charge in [0.1, 0.15) is 36.3 Å². The normalized spacial score (nSPS) is 23.5. The Bertz CT molecular complexity index is 1710. The molecule has 2 aromatic heterocycles. The number of hydrogen-bond donors (Lipinski definition) is 7. The second-order valence-electron chi connectivity index (χ2n) is 11.4. The monoisotopic (exact) mass is 807 g/mol. The molecule has 24 nitrogen and oxygen atoms in total. The molecule has 51 heavy (non-hydrogen) atoms. The van der Waals surface area contributed by atoms with Crippen molar-refractivity contribution in [2.45, 2.75) is 57.8 Å². The van der Waals surface area contributed by atoms with Crippen molar-refractivity contribution >= 4 is 69.1 Å². The third kappa shape index (κ3) is 12.9. The smallest absolute Gasteiger partial charge is 0.478 e. The minimum Gasteiger partial charge on any atom is -0.756 e. The summed E-state index contributed by atoms with van der Waals surface area (Å²) in [7, 11) is -17.0. The van der Waals surface area contributed by atoms with Crippen LogP contribution < -0.4 is 26.2 Å². The first-order valence-electron chi connectivity index (χ1n) is 14.5. The molecule has 0 saturated carbocycles. The number of ether oxygens (including phenoxy) is 1. The van der Waals surface area contributed by atoms with Gasteiger partial charge in [-0.1, -0.05) is 25.6 Å². The first kappa shape index (κ1) is 43.0. The molecule has 1 aliphatic rings. The van der Waals surface area contributed by atoms with Crippen LogP contribution >= 0.6 is 35.2 Å². The Balaban J connectivity index is 1.55. The molecule has 2 aromatic rings. The number of nitrogens with two attached hydrogens (primary N) is 1. The highest BCUT2D eigenvalue weighted by atomic mass is 32.2. The fourth-order valence-electron chi connectivity index (χ4n) is 4.31. The van der Waals surface area contributed by atoms with Crippen molar-refractivity contribution in [1.82, 2.24) is 30.2 Å². The van der Waals surface area contributed by atoms with Crippen LogP contribution in [-0.4, -0.2) is 113 Å². The first-order valence-corrected chi connectivity index (χ1v) is 19.9. The number of nitrogens with one attached hydrogen (secondary N) is 2. The van der Waals surface area contributed by atoms with E-state index in [1.165, 1.54) is 20.8 Å². The van der Waals surface area contributed by atoms with E-state index in [2.05, 4.69) is 43.5 Å². The number of aliphatic hydroxyl groups is 2. The van der Waals surface area contributed by atoms with Gasteiger partial charge in [0.2, 0.25) is 11.8 Å². The molecule has 0 spiro atoms. The van der Waals surface area contributed by atoms with E-state index < -0.39 is 84.6 Å². The van der Waals surface area contributed by atoms with Gasteiger partial charge >= 0.3 is 7.82 Å². The van der Waals surface area contributed by atoms with Crippen molar-refractivity contribution in [3.63, 3.8) is 0 Å². The SMILES string of the molecule is CC(=O)SCCNC(=O)CCNC(=O)C(O)C(C)(C)COP(=O)(O)OP(=O)([O-])OCC1OC(n2cnc3c(N)ncnc32)C(O)C1OP(=O)([O-])O. The third-order valence-corrected chi connectivity index (χ3v) is 10.7. The number of thioether (sulfide) groups is 1. The minimum atomic E-state index is -5.82. The van der Waals surface area contributed by atoms with Gasteiger partial charge in [-0.15, -0.1) is 0 Å². The van der Waals surface area contributed by atoms with Crippen molar-refractivity contribution < 1.29 is 80.5 Å². The Hall–Kier alpha value is -2.44. The van der Waals surface area contributed by atoms with Gasteiger partial charge in [-0.2, -0.15) is 0 Å². The quantitative estimate of drug-likeness (QED) is 0.0566. The van der Waals surface area contributed by atoms with E-state index >= 15 is 0 Å². The molecule has 28 heteroatoms. The highest BCUT2D eigenvalue weighted by Gasteiger charge is 2.48. The third-order valence-electron chi connectivity index (χ3n) is 6.79. The van der Waals surface area contributed by atoms with E-state index in [0.29, 0.717) is 5.75 Å². The van der Waals surface area contributed by atoms with Crippen LogP contribution in [0.5, 0.6) is 0 Å². The lowest BCUT2D eigenvalue weighted by atomic mass is 9.87. The molecule has 1 saturated heterocycles. The number of rotatable bonds is 19. The molecule has 1 aliphatic heterocycles. The predicted octanol–water partition coefficient (Wildman–Crippen LogP) is -2.58. The lowest BCUT2D eigenvalue weighted by Crippen LogP contribution is -2.46. The minimum absolute atomic E-state index is 0.00301. The van der Waals surface area contributed by atoms with Crippen molar-refractivity contribution in [3.05, 3.63) is 12.7 Å². The second kappa shape index (κ2) is 17.6. The maximum Gasteiger partial charge on any atom is 0.478 e. The molecule has 3 heterocycles. The largest absolute Gasteiger partial charge is 0.756 e. The molecule has 0 bridgehead atoms. The molecular weight excluding hydrogens is 771 g/mol. The van der Waals surface area contributed by atoms with E-state index in [4.69, 9.17) is 10.5 Å². The van der Waals surface area contributed by atoms with Crippen LogP contribution in [0, 0.1) is 5.41 Å². The molecule has 8 N–H and O–H groups in total. The molecule has 2 amide bonds. The number of phosphoric acid groups is 3. The molecule has 8 atom stereocenters. The highest BCUT2D eigenvalue weighted by molar-refractivity contribution is 8.13. The summed E-state index contributed by atoms with van der Waals surface area (Å²) in [5.74, 6) is -1.13. The molecule has 8 unspecified atom stereocenters. The summed E-state index contributed by atoms with van der Waals surface area (Å²) in [5, 5.41) is 26.0. The average molecular weight is 808 g/mol. The Morgan fingerprint density at radius 1 is 1.14 bits per heavy atom. The van der Waals surface area contributed by atoms with Gasteiger partial charge < -0.3 is 59.9 Å². The number of fused-ring (bicyclic) bond motifs is 1. The van der Waals surface area contributed by atoms with Crippen LogP contribution in [0.25, 0.3) is 11.2 Å². The van der Waals surface area contributed by atoms with E-state index in [9.17, 15) is 57.9 Å². The Morgan fingerprint density at radius 2 is 1.82 bits per heavy atom. The zero-order valence-electron chi connectivity index (χ0n) is 27.0. The van der Waals surface area contributed by atoms with Gasteiger partial charge in [-0.3, -0.25) is 32.6 Å². The van der Waals surface area contributed by atoms with Crippen LogP contribution in [0.3, 0.4) is 0 Å². The van der Waals surface area contributed by atoms with E-state index in [0.717, 1.165) is 29.0 Å². The van der Waals surface area contributed by atoms with Crippen LogP contribution in [0.15, 0.2) is 12.7 Å². The summed E-state index contributed by atoms with van der Waals surface area (Å²) in [6.07, 6.45) is -7.24. The van der Waals surface area contributed by atoms with Crippen LogP contribution in [0.4, 0.5) is 5.82 Å². The zero-order valence-corrected chi connectivity index (χ0v) is 30.5. The Kier molecular flexibility index (Phi) is 14.8. The van der Waals surface area contributed by atoms with Crippen molar-refractivity contribution in [2.24, 2.45) is 5.41 Å². The number of phosphoric ester groups is 3. The van der Waals surface area contributed by atoms with E-state index in [-0.39, 0.29) is 41.6 Å². The summed E-state index contributed by atoms with van der Waals surface area (Å²) in [6, 6.07) is 0. The molecule has 3 rings (SSSR count). The van der Waals surface area contributed by atoms with Crippen molar-refractivity contribution in [2.75, 3.05) is 37.8 Å². The Morgan fingerprint density at radius 3 is 2.47 bits per heavy atom. The standard InChI is InChI=1S/C23H38N7O17P3S/c1-12(31)51-7-6-25-14(32)4-5-26-21(35)18(34)23(2,3)9-44-50(41,42)47-49(39,40)43-8-13-17(46-48(36,37)38)16(33)22(45-13)30-11-29-15-19(24)27-10-28-20(15)30/h10-11,13,16-18,22,33-34H,4-9H2,1-3H3,(H,25,32)(H,26,35)(H,39,40)(H,41,42)(H2,24,27,28)(H2,36,37,38)/p-2. The van der Waals surface area contributed by atoms with Crippen LogP contribution in [0.2, 0.25) is 0 Å². The van der Waals surface area contributed by atoms with Crippen molar-refractivity contribution in [3.8, 4) is 0 Å². The predicted molar refractivity (Wildman–Crippen MR) is 168 cm³/mol. The van der Waals surface area contributed by atoms with E-state index in [1.807, 2.05) is 0 Å². The molecule has 0 radical (unpaired) electrons. The number of carbonyl (C=O) groups is 3. The van der Waals surface area contributed by atoms with Gasteiger partial charge in [-0.05, 0) is 0 Å². The Labute approximate surface area is 293 Å². The zero-order chi connectivity index (χ0) is 38.4. The van der Waals surface area contributed by atoms with Gasteiger partial charge in [-0.25, -0.2) is 23.8 Å². The number of imidazole rings is 1. The number of carbonyl (C=O) groups excluding carboxylic acids is 3. The number of nitrogen functional groups attached to an aromatic ring is 1. The number of anilines is 1. The summed E-state index contributed by atoms with van der Waals surface area (Å²) in [6.45, 7) is 1.71. The number of aromatic nitrogens is 4. The lowest BCUT2D eigenvalue weighted by molar-refractivity contribution is -0.229. The number of aliphatic hydroxyl groups excluding tert-OH is 2. The van der Waals surface area contributed by atoms with Gasteiger partial charge in [0, 0.05) is 37.6 Å². The topological polar surface area (TPSA) is 369 Å². The van der Waals surface area contributed by atoms with E-state index in [1.54, 1.807) is 0 Å². The fourth-order valence-corrected chi connectivity index (χ4v) is 7.59. The first-order chi connectivity index (χ1) is 23.5. The number of nitrogens with zero attached hydrogens (tertiary/aromatic N) is 4. The second-order valence-corrected chi connectivity index (χ2v) is 16.8. The van der Waals surface area contributed by atoms with Crippen molar-refractivity contribution in [1.29, 1.82) is 0 Å². The maximum atomic E-state index is 12.5. The number of amides is 2. The molecule has 0 aliphatic carbocycles. The fraction of sp³-hybridized carbons (Fsp3) is 0.652. The molecule has 1 fully saturated rings. The van der Waals surface area contributed by atoms with Gasteiger partial charge in [0.15, 0.2) is 22.8 Å². The average Bonchev–Trinajstić information content (AvgIpc) is 3.57. The van der Waals surface area contributed by atoms with Crippen LogP contribution in [0.1, 0.15) is 33.4 Å². The summed E-state index contributed by atoms with van der Waals surface area (Å²) in [4.78, 5) is 90.1. The lowest BCUT2D eigenvalue weighted by Gasteiger charge is -2.31. The number of hydrogen-bond acceptors (Lipinski definition) is 20. The van der Waals surface area contributed by atoms with Gasteiger partial charge in [0.05, 0.1) is 19.5 Å². The van der Waals surface area contributed by atoms with Crippen LogP contribution in [-0.2, 0) is 50.7 Å². The summed E-state index contributed by atoms with van der Waals surface area (Å²) < 4.78 is 61.0. The highest BCUT2D eigenvalue weighted by Crippen LogP contribution is 2.59. The molecular formula is C23H36N7O17P3S-2.